The van der Waals surface area contributed by atoms with Gasteiger partial charge in [-0.25, -0.2) is 9.59 Å². The molecule has 10 heteroatoms. The fourth-order valence-electron chi connectivity index (χ4n) is 3.23. The Bertz CT molecular complexity index is 1120. The molecular formula is C24H32N4O6. The molecule has 0 aliphatic heterocycles. The molecule has 2 rings (SSSR count). The highest BCUT2D eigenvalue weighted by Crippen LogP contribution is 2.18. The van der Waals surface area contributed by atoms with Crippen molar-refractivity contribution in [2.45, 2.75) is 46.6 Å². The number of unbranched alkanes of at least 4 members (excludes halogenated alkanes) is 1. The first-order chi connectivity index (χ1) is 16.3. The van der Waals surface area contributed by atoms with Crippen LogP contribution in [0.4, 0.5) is 11.5 Å². The number of hydrogen-bond acceptors (Lipinski definition) is 7. The largest absolute Gasteiger partial charge is 0.494 e. The van der Waals surface area contributed by atoms with Gasteiger partial charge in [-0.3, -0.25) is 19.1 Å². The van der Waals surface area contributed by atoms with Crippen LogP contribution in [0.3, 0.4) is 0 Å². The zero-order valence-electron chi connectivity index (χ0n) is 19.8. The van der Waals surface area contributed by atoms with Crippen molar-refractivity contribution >= 4 is 29.5 Å². The molecule has 1 aromatic carbocycles. The minimum absolute atomic E-state index is 0.0956. The summed E-state index contributed by atoms with van der Waals surface area (Å²) in [5, 5.41) is 0. The van der Waals surface area contributed by atoms with Crippen molar-refractivity contribution in [3.05, 3.63) is 56.7 Å². The summed E-state index contributed by atoms with van der Waals surface area (Å²) in [4.78, 5) is 53.0. The van der Waals surface area contributed by atoms with E-state index in [4.69, 9.17) is 15.2 Å². The number of amides is 1. The third kappa shape index (κ3) is 7.09. The number of hydrogen-bond donors (Lipinski definition) is 2. The Kier molecular flexibility index (Phi) is 10.1. The molecule has 0 saturated heterocycles. The molecule has 1 amide bonds. The van der Waals surface area contributed by atoms with E-state index in [1.54, 1.807) is 30.3 Å². The van der Waals surface area contributed by atoms with E-state index >= 15 is 0 Å². The summed E-state index contributed by atoms with van der Waals surface area (Å²) < 4.78 is 11.7. The molecule has 1 heterocycles. The summed E-state index contributed by atoms with van der Waals surface area (Å²) in [6.07, 6.45) is 4.71. The number of carbonyl (C=O) groups excluding carboxylic acids is 2. The maximum atomic E-state index is 12.9. The van der Waals surface area contributed by atoms with Crippen molar-refractivity contribution in [2.24, 2.45) is 0 Å². The fraction of sp³-hybridized carbons (Fsp3) is 0.417. The van der Waals surface area contributed by atoms with Gasteiger partial charge in [0.15, 0.2) is 12.3 Å². The van der Waals surface area contributed by atoms with Crippen LogP contribution in [0, 0.1) is 0 Å². The summed E-state index contributed by atoms with van der Waals surface area (Å²) in [7, 11) is 0. The van der Waals surface area contributed by atoms with Crippen LogP contribution < -0.4 is 26.6 Å². The number of nitrogens with zero attached hydrogens (tertiary/aromatic N) is 2. The van der Waals surface area contributed by atoms with Crippen molar-refractivity contribution < 1.29 is 19.1 Å². The van der Waals surface area contributed by atoms with Gasteiger partial charge in [-0.1, -0.05) is 32.4 Å². The summed E-state index contributed by atoms with van der Waals surface area (Å²) in [5.41, 5.74) is 5.34. The number of nitrogens with two attached hydrogens (primary N) is 1. The molecule has 34 heavy (non-hydrogen) atoms. The maximum absolute atomic E-state index is 12.9. The molecule has 0 fully saturated rings. The highest BCUT2D eigenvalue weighted by atomic mass is 16.5. The van der Waals surface area contributed by atoms with Crippen LogP contribution in [0.25, 0.3) is 6.08 Å². The number of aromatic nitrogens is 2. The van der Waals surface area contributed by atoms with E-state index in [0.717, 1.165) is 17.7 Å². The Morgan fingerprint density at radius 2 is 1.82 bits per heavy atom. The Morgan fingerprint density at radius 3 is 2.44 bits per heavy atom. The van der Waals surface area contributed by atoms with E-state index < -0.39 is 29.7 Å². The SMILES string of the molecule is CCCCN(C(=O)COC(=O)/C=C/c1ccc(OCC)cc1)c1c(N)n(CCC)c(=O)[nH]c1=O. The fourth-order valence-corrected chi connectivity index (χ4v) is 3.23. The van der Waals surface area contributed by atoms with Crippen LogP contribution in [-0.2, 0) is 20.9 Å². The van der Waals surface area contributed by atoms with Gasteiger partial charge in [0.2, 0.25) is 0 Å². The van der Waals surface area contributed by atoms with E-state index in [2.05, 4.69) is 4.98 Å². The molecule has 0 spiro atoms. The smallest absolute Gasteiger partial charge is 0.331 e. The number of benzene rings is 1. The van der Waals surface area contributed by atoms with E-state index in [0.29, 0.717) is 19.4 Å². The molecule has 0 radical (unpaired) electrons. The molecule has 2 aromatic rings. The van der Waals surface area contributed by atoms with E-state index in [-0.39, 0.29) is 24.6 Å². The Hall–Kier alpha value is -3.82. The van der Waals surface area contributed by atoms with Crippen LogP contribution in [-0.4, -0.2) is 41.2 Å². The van der Waals surface area contributed by atoms with Crippen LogP contribution in [0.2, 0.25) is 0 Å². The molecule has 184 valence electrons. The highest BCUT2D eigenvalue weighted by molar-refractivity contribution is 5.98. The molecular weight excluding hydrogens is 440 g/mol. The third-order valence-corrected chi connectivity index (χ3v) is 4.91. The van der Waals surface area contributed by atoms with Gasteiger partial charge < -0.3 is 20.1 Å². The highest BCUT2D eigenvalue weighted by Gasteiger charge is 2.24. The third-order valence-electron chi connectivity index (χ3n) is 4.91. The Labute approximate surface area is 198 Å². The first-order valence-electron chi connectivity index (χ1n) is 11.3. The first-order valence-corrected chi connectivity index (χ1v) is 11.3. The number of nitrogens with one attached hydrogen (secondary N) is 1. The van der Waals surface area contributed by atoms with Crippen LogP contribution in [0.1, 0.15) is 45.6 Å². The van der Waals surface area contributed by atoms with Crippen LogP contribution >= 0.6 is 0 Å². The molecule has 0 bridgehead atoms. The average molecular weight is 473 g/mol. The lowest BCUT2D eigenvalue weighted by molar-refractivity contribution is -0.142. The zero-order valence-corrected chi connectivity index (χ0v) is 19.8. The number of esters is 1. The number of aromatic amines is 1. The molecule has 0 aliphatic carbocycles. The molecule has 3 N–H and O–H groups in total. The van der Waals surface area contributed by atoms with Crippen LogP contribution in [0.15, 0.2) is 39.9 Å². The number of anilines is 2. The van der Waals surface area contributed by atoms with Gasteiger partial charge in [0.25, 0.3) is 11.5 Å². The van der Waals surface area contributed by atoms with Crippen molar-refractivity contribution in [1.29, 1.82) is 0 Å². The molecule has 0 unspecified atom stereocenters. The normalized spacial score (nSPS) is 10.9. The molecule has 1 aromatic heterocycles. The topological polar surface area (TPSA) is 137 Å². The molecule has 0 saturated carbocycles. The Morgan fingerprint density at radius 1 is 1.12 bits per heavy atom. The number of H-pyrrole nitrogens is 1. The van der Waals surface area contributed by atoms with Gasteiger partial charge in [0.1, 0.15) is 11.6 Å². The minimum Gasteiger partial charge on any atom is -0.494 e. The number of nitrogen functional groups attached to an aromatic ring is 1. The number of carbonyl (C=O) groups is 2. The quantitative estimate of drug-likeness (QED) is 0.357. The minimum atomic E-state index is -0.763. The van der Waals surface area contributed by atoms with E-state index in [1.807, 2.05) is 20.8 Å². The number of rotatable bonds is 12. The average Bonchev–Trinajstić information content (AvgIpc) is 2.82. The lowest BCUT2D eigenvalue weighted by Gasteiger charge is -2.24. The van der Waals surface area contributed by atoms with E-state index in [9.17, 15) is 19.2 Å². The van der Waals surface area contributed by atoms with Gasteiger partial charge in [-0.15, -0.1) is 0 Å². The summed E-state index contributed by atoms with van der Waals surface area (Å²) in [6, 6.07) is 7.13. The maximum Gasteiger partial charge on any atom is 0.331 e. The predicted molar refractivity (Wildman–Crippen MR) is 131 cm³/mol. The van der Waals surface area contributed by atoms with Crippen LogP contribution in [0.5, 0.6) is 5.75 Å². The summed E-state index contributed by atoms with van der Waals surface area (Å²) in [6.45, 7) is 6.13. The van der Waals surface area contributed by atoms with Crippen molar-refractivity contribution in [3.63, 3.8) is 0 Å². The molecule has 0 atom stereocenters. The van der Waals surface area contributed by atoms with Gasteiger partial charge in [0, 0.05) is 19.2 Å². The predicted octanol–water partition coefficient (Wildman–Crippen LogP) is 2.32. The second-order valence-corrected chi connectivity index (χ2v) is 7.49. The van der Waals surface area contributed by atoms with Crippen molar-refractivity contribution in [2.75, 3.05) is 30.4 Å². The van der Waals surface area contributed by atoms with Crippen molar-refractivity contribution in [3.8, 4) is 5.75 Å². The lowest BCUT2D eigenvalue weighted by atomic mass is 10.2. The Balaban J connectivity index is 2.14. The second-order valence-electron chi connectivity index (χ2n) is 7.49. The zero-order chi connectivity index (χ0) is 25.1. The lowest BCUT2D eigenvalue weighted by Crippen LogP contribution is -2.43. The number of ether oxygens (including phenoxy) is 2. The van der Waals surface area contributed by atoms with E-state index in [1.165, 1.54) is 15.5 Å². The second kappa shape index (κ2) is 13.0. The monoisotopic (exact) mass is 472 g/mol. The standard InChI is InChI=1S/C24H32N4O6/c1-4-7-15-27(21-22(25)28(14-5-2)24(32)26-23(21)31)19(29)16-34-20(30)13-10-17-8-11-18(12-9-17)33-6-3/h8-13H,4-7,14-16,25H2,1-3H3,(H,26,31,32)/b13-10+. The first kappa shape index (κ1) is 26.4. The van der Waals surface area contributed by atoms with Gasteiger partial charge in [-0.2, -0.15) is 0 Å². The van der Waals surface area contributed by atoms with Crippen molar-refractivity contribution in [1.82, 2.24) is 9.55 Å². The summed E-state index contributed by atoms with van der Waals surface area (Å²) >= 11 is 0. The molecule has 0 aliphatic rings. The molecule has 10 nitrogen and oxygen atoms in total. The van der Waals surface area contributed by atoms with Gasteiger partial charge >= 0.3 is 11.7 Å². The van der Waals surface area contributed by atoms with Gasteiger partial charge in [0.05, 0.1) is 6.61 Å². The summed E-state index contributed by atoms with van der Waals surface area (Å²) in [5.74, 6) is -0.702. The van der Waals surface area contributed by atoms with Gasteiger partial charge in [-0.05, 0) is 43.5 Å².